The van der Waals surface area contributed by atoms with Crippen LogP contribution in [0.15, 0.2) is 23.6 Å². The van der Waals surface area contributed by atoms with Gasteiger partial charge in [-0.2, -0.15) is 0 Å². The highest BCUT2D eigenvalue weighted by atomic mass is 32.1. The van der Waals surface area contributed by atoms with Crippen LogP contribution in [0.5, 0.6) is 0 Å². The quantitative estimate of drug-likeness (QED) is 0.920. The molecule has 5 heteroatoms. The SMILES string of the molecule is COC1C=CC(c2csc(NC(=O)C(C)C)n2)=CC1. The molecule has 19 heavy (non-hydrogen) atoms. The summed E-state index contributed by atoms with van der Waals surface area (Å²) in [5.41, 5.74) is 1.98. The number of ether oxygens (including phenoxy) is 1. The van der Waals surface area contributed by atoms with Gasteiger partial charge in [0, 0.05) is 18.4 Å². The van der Waals surface area contributed by atoms with Crippen molar-refractivity contribution in [2.75, 3.05) is 12.4 Å². The first-order chi connectivity index (χ1) is 9.10. The zero-order valence-corrected chi connectivity index (χ0v) is 12.2. The zero-order valence-electron chi connectivity index (χ0n) is 11.3. The summed E-state index contributed by atoms with van der Waals surface area (Å²) in [6.07, 6.45) is 7.16. The number of thiazole rings is 1. The van der Waals surface area contributed by atoms with Crippen molar-refractivity contribution in [2.24, 2.45) is 5.92 Å². The molecule has 0 spiro atoms. The van der Waals surface area contributed by atoms with E-state index in [1.54, 1.807) is 7.11 Å². The summed E-state index contributed by atoms with van der Waals surface area (Å²) in [5, 5.41) is 5.42. The second-order valence-corrected chi connectivity index (χ2v) is 5.57. The van der Waals surface area contributed by atoms with Crippen molar-refractivity contribution in [3.63, 3.8) is 0 Å². The predicted octanol–water partition coefficient (Wildman–Crippen LogP) is 3.10. The smallest absolute Gasteiger partial charge is 0.228 e. The molecule has 1 aromatic rings. The molecule has 0 aromatic carbocycles. The van der Waals surface area contributed by atoms with Gasteiger partial charge in [0.1, 0.15) is 0 Å². The molecule has 1 atom stereocenters. The van der Waals surface area contributed by atoms with E-state index in [0.717, 1.165) is 17.7 Å². The minimum absolute atomic E-state index is 0.00601. The maximum Gasteiger partial charge on any atom is 0.228 e. The molecule has 1 aromatic heterocycles. The average Bonchev–Trinajstić information content (AvgIpc) is 2.87. The maximum atomic E-state index is 11.6. The van der Waals surface area contributed by atoms with Gasteiger partial charge in [-0.25, -0.2) is 4.98 Å². The van der Waals surface area contributed by atoms with Crippen molar-refractivity contribution in [1.29, 1.82) is 0 Å². The third kappa shape index (κ3) is 3.52. The van der Waals surface area contributed by atoms with Crippen molar-refractivity contribution in [3.05, 3.63) is 29.3 Å². The second kappa shape index (κ2) is 6.12. The Bertz CT molecular complexity index is 517. The molecule has 1 aliphatic carbocycles. The van der Waals surface area contributed by atoms with Crippen molar-refractivity contribution in [1.82, 2.24) is 4.98 Å². The number of anilines is 1. The minimum atomic E-state index is -0.0383. The number of nitrogens with zero attached hydrogens (tertiary/aromatic N) is 1. The van der Waals surface area contributed by atoms with Crippen LogP contribution in [0.25, 0.3) is 5.57 Å². The molecule has 0 aliphatic heterocycles. The number of hydrogen-bond donors (Lipinski definition) is 1. The first kappa shape index (κ1) is 14.0. The summed E-state index contributed by atoms with van der Waals surface area (Å²) in [5.74, 6) is -0.0443. The molecular weight excluding hydrogens is 260 g/mol. The van der Waals surface area contributed by atoms with E-state index in [9.17, 15) is 4.79 Å². The lowest BCUT2D eigenvalue weighted by molar-refractivity contribution is -0.118. The largest absolute Gasteiger partial charge is 0.377 e. The van der Waals surface area contributed by atoms with Gasteiger partial charge in [0.15, 0.2) is 5.13 Å². The fourth-order valence-electron chi connectivity index (χ4n) is 1.68. The number of carbonyl (C=O) groups is 1. The van der Waals surface area contributed by atoms with E-state index in [0.29, 0.717) is 5.13 Å². The molecule has 1 heterocycles. The van der Waals surface area contributed by atoms with Crippen molar-refractivity contribution >= 4 is 27.9 Å². The number of carbonyl (C=O) groups excluding carboxylic acids is 1. The lowest BCUT2D eigenvalue weighted by atomic mass is 10.0. The lowest BCUT2D eigenvalue weighted by Gasteiger charge is -2.13. The Morgan fingerprint density at radius 1 is 1.58 bits per heavy atom. The fourth-order valence-corrected chi connectivity index (χ4v) is 2.40. The van der Waals surface area contributed by atoms with Gasteiger partial charge < -0.3 is 10.1 Å². The third-order valence-corrected chi connectivity index (χ3v) is 3.68. The third-order valence-electron chi connectivity index (χ3n) is 2.92. The summed E-state index contributed by atoms with van der Waals surface area (Å²) >= 11 is 1.45. The van der Waals surface area contributed by atoms with Gasteiger partial charge >= 0.3 is 0 Å². The molecule has 1 unspecified atom stereocenters. The first-order valence-corrected chi connectivity index (χ1v) is 7.16. The number of hydrogen-bond acceptors (Lipinski definition) is 4. The first-order valence-electron chi connectivity index (χ1n) is 6.28. The monoisotopic (exact) mass is 278 g/mol. The van der Waals surface area contributed by atoms with E-state index in [1.165, 1.54) is 11.3 Å². The number of rotatable bonds is 4. The molecule has 2 rings (SSSR count). The van der Waals surface area contributed by atoms with E-state index < -0.39 is 0 Å². The van der Waals surface area contributed by atoms with E-state index in [-0.39, 0.29) is 17.9 Å². The van der Waals surface area contributed by atoms with E-state index >= 15 is 0 Å². The van der Waals surface area contributed by atoms with E-state index in [2.05, 4.69) is 16.4 Å². The van der Waals surface area contributed by atoms with E-state index in [1.807, 2.05) is 31.4 Å². The van der Waals surface area contributed by atoms with Crippen LogP contribution >= 0.6 is 11.3 Å². The molecular formula is C14H18N2O2S. The molecule has 0 bridgehead atoms. The van der Waals surface area contributed by atoms with Crippen molar-refractivity contribution in [2.45, 2.75) is 26.4 Å². The van der Waals surface area contributed by atoms with Gasteiger partial charge in [0.25, 0.3) is 0 Å². The Hall–Kier alpha value is -1.46. The maximum absolute atomic E-state index is 11.6. The predicted molar refractivity (Wildman–Crippen MR) is 78.1 cm³/mol. The van der Waals surface area contributed by atoms with Gasteiger partial charge in [-0.1, -0.05) is 32.1 Å². The van der Waals surface area contributed by atoms with E-state index in [4.69, 9.17) is 4.74 Å². The molecule has 0 radical (unpaired) electrons. The number of aromatic nitrogens is 1. The molecule has 0 fully saturated rings. The van der Waals surface area contributed by atoms with Crippen LogP contribution in [-0.4, -0.2) is 24.1 Å². The molecule has 102 valence electrons. The van der Waals surface area contributed by atoms with Gasteiger partial charge in [0.2, 0.25) is 5.91 Å². The van der Waals surface area contributed by atoms with Crippen LogP contribution in [-0.2, 0) is 9.53 Å². The van der Waals surface area contributed by atoms with Crippen LogP contribution in [0.1, 0.15) is 26.0 Å². The Morgan fingerprint density at radius 3 is 2.95 bits per heavy atom. The second-order valence-electron chi connectivity index (χ2n) is 4.71. The lowest BCUT2D eigenvalue weighted by Crippen LogP contribution is -2.17. The van der Waals surface area contributed by atoms with Gasteiger partial charge in [-0.15, -0.1) is 11.3 Å². The van der Waals surface area contributed by atoms with Crippen LogP contribution in [0.4, 0.5) is 5.13 Å². The van der Waals surface area contributed by atoms with Crippen LogP contribution in [0.3, 0.4) is 0 Å². The summed E-state index contributed by atoms with van der Waals surface area (Å²) in [6.45, 7) is 3.72. The topological polar surface area (TPSA) is 51.2 Å². The van der Waals surface area contributed by atoms with Gasteiger partial charge in [-0.3, -0.25) is 4.79 Å². The number of methoxy groups -OCH3 is 1. The molecule has 0 saturated heterocycles. The van der Waals surface area contributed by atoms with Crippen molar-refractivity contribution < 1.29 is 9.53 Å². The van der Waals surface area contributed by atoms with Gasteiger partial charge in [-0.05, 0) is 12.0 Å². The van der Waals surface area contributed by atoms with Crippen LogP contribution < -0.4 is 5.32 Å². The summed E-state index contributed by atoms with van der Waals surface area (Å²) < 4.78 is 5.25. The van der Waals surface area contributed by atoms with Crippen molar-refractivity contribution in [3.8, 4) is 0 Å². The molecule has 1 N–H and O–H groups in total. The molecule has 1 aliphatic rings. The minimum Gasteiger partial charge on any atom is -0.377 e. The molecule has 4 nitrogen and oxygen atoms in total. The summed E-state index contributed by atoms with van der Waals surface area (Å²) in [6, 6.07) is 0. The van der Waals surface area contributed by atoms with Gasteiger partial charge in [0.05, 0.1) is 11.8 Å². The summed E-state index contributed by atoms with van der Waals surface area (Å²) in [4.78, 5) is 16.0. The number of allylic oxidation sites excluding steroid dienone is 2. The average molecular weight is 278 g/mol. The zero-order chi connectivity index (χ0) is 13.8. The molecule has 1 amide bonds. The Kier molecular flexibility index (Phi) is 4.50. The van der Waals surface area contributed by atoms with Crippen LogP contribution in [0.2, 0.25) is 0 Å². The fraction of sp³-hybridized carbons (Fsp3) is 0.429. The molecule has 0 saturated carbocycles. The standard InChI is InChI=1S/C14H18N2O2S/c1-9(2)13(17)16-14-15-12(8-19-14)10-4-6-11(18-3)7-5-10/h4-6,8-9,11H,7H2,1-3H3,(H,15,16,17). The highest BCUT2D eigenvalue weighted by Gasteiger charge is 2.13. The number of amides is 1. The normalized spacial score (nSPS) is 18.5. The Labute approximate surface area is 117 Å². The van der Waals surface area contributed by atoms with Crippen LogP contribution in [0, 0.1) is 5.92 Å². The highest BCUT2D eigenvalue weighted by Crippen LogP contribution is 2.26. The summed E-state index contributed by atoms with van der Waals surface area (Å²) in [7, 11) is 1.70. The Morgan fingerprint density at radius 2 is 2.37 bits per heavy atom. The number of nitrogens with one attached hydrogen (secondary N) is 1. The highest BCUT2D eigenvalue weighted by molar-refractivity contribution is 7.14. The Balaban J connectivity index is 2.04.